The van der Waals surface area contributed by atoms with Gasteiger partial charge in [0.15, 0.2) is 5.78 Å². The van der Waals surface area contributed by atoms with Crippen molar-refractivity contribution in [1.82, 2.24) is 0 Å². The van der Waals surface area contributed by atoms with Crippen LogP contribution in [0.2, 0.25) is 0 Å². The molecule has 0 unspecified atom stereocenters. The average Bonchev–Trinajstić information content (AvgIpc) is 2.69. The lowest BCUT2D eigenvalue weighted by atomic mass is 9.90. The summed E-state index contributed by atoms with van der Waals surface area (Å²) in [5.74, 6) is 0.380. The van der Waals surface area contributed by atoms with Crippen LogP contribution in [0.3, 0.4) is 0 Å². The maximum Gasteiger partial charge on any atom is 0.184 e. The minimum atomic E-state index is 0.380. The van der Waals surface area contributed by atoms with Crippen molar-refractivity contribution < 1.29 is 4.79 Å². The summed E-state index contributed by atoms with van der Waals surface area (Å²) >= 11 is 0. The molecular formula is C15H22O. The summed E-state index contributed by atoms with van der Waals surface area (Å²) < 4.78 is 0. The van der Waals surface area contributed by atoms with Gasteiger partial charge in [-0.1, -0.05) is 31.4 Å². The molecule has 0 radical (unpaired) electrons. The van der Waals surface area contributed by atoms with E-state index in [-0.39, 0.29) is 0 Å². The Kier molecular flexibility index (Phi) is 3.98. The van der Waals surface area contributed by atoms with Gasteiger partial charge in [-0.05, 0) is 56.1 Å². The Morgan fingerprint density at radius 3 is 2.50 bits per heavy atom. The number of ketones is 1. The Morgan fingerprint density at radius 2 is 1.81 bits per heavy atom. The Balaban J connectivity index is 2.11. The first-order chi connectivity index (χ1) is 7.83. The van der Waals surface area contributed by atoms with E-state index in [1.54, 1.807) is 0 Å². The molecule has 1 nitrogen and oxygen atoms in total. The summed E-state index contributed by atoms with van der Waals surface area (Å²) in [6.45, 7) is 2.16. The second kappa shape index (κ2) is 5.47. The second-order valence-corrected chi connectivity index (χ2v) is 4.99. The smallest absolute Gasteiger partial charge is 0.184 e. The summed E-state index contributed by atoms with van der Waals surface area (Å²) in [6.07, 6.45) is 12.7. The van der Waals surface area contributed by atoms with Crippen molar-refractivity contribution in [2.24, 2.45) is 0 Å². The molecule has 2 aliphatic rings. The first-order valence-electron chi connectivity index (χ1n) is 6.77. The molecule has 0 N–H and O–H groups in total. The Hall–Kier alpha value is -0.850. The summed E-state index contributed by atoms with van der Waals surface area (Å²) in [6, 6.07) is 0. The molecule has 0 aromatic rings. The van der Waals surface area contributed by atoms with E-state index in [2.05, 4.69) is 13.0 Å². The molecule has 0 bridgehead atoms. The highest BCUT2D eigenvalue weighted by atomic mass is 16.1. The molecule has 0 aromatic carbocycles. The van der Waals surface area contributed by atoms with E-state index in [0.29, 0.717) is 5.78 Å². The van der Waals surface area contributed by atoms with E-state index in [0.717, 1.165) is 31.3 Å². The topological polar surface area (TPSA) is 17.1 Å². The average molecular weight is 218 g/mol. The maximum atomic E-state index is 12.2. The van der Waals surface area contributed by atoms with Crippen LogP contribution in [-0.4, -0.2) is 5.78 Å². The van der Waals surface area contributed by atoms with Gasteiger partial charge < -0.3 is 0 Å². The lowest BCUT2D eigenvalue weighted by molar-refractivity contribution is -0.111. The van der Waals surface area contributed by atoms with Gasteiger partial charge in [-0.15, -0.1) is 0 Å². The Bertz CT molecular complexity index is 325. The zero-order chi connectivity index (χ0) is 11.4. The monoisotopic (exact) mass is 218 g/mol. The zero-order valence-electron chi connectivity index (χ0n) is 10.3. The SMILES string of the molecule is CCC/C=C1/CCC(=C2CCCCC2)C1=O. The number of carbonyl (C=O) groups excluding carboxylic acids is 1. The van der Waals surface area contributed by atoms with Crippen molar-refractivity contribution in [3.05, 3.63) is 22.8 Å². The normalized spacial score (nSPS) is 24.6. The molecule has 88 valence electrons. The molecule has 0 spiro atoms. The molecule has 0 heterocycles. The molecule has 2 rings (SSSR count). The number of hydrogen-bond donors (Lipinski definition) is 0. The third-order valence-corrected chi connectivity index (χ3v) is 3.77. The van der Waals surface area contributed by atoms with Crippen molar-refractivity contribution in [2.45, 2.75) is 64.7 Å². The van der Waals surface area contributed by atoms with Gasteiger partial charge in [0, 0.05) is 0 Å². The summed E-state index contributed by atoms with van der Waals surface area (Å²) in [5.41, 5.74) is 3.76. The van der Waals surface area contributed by atoms with Crippen molar-refractivity contribution in [1.29, 1.82) is 0 Å². The first-order valence-corrected chi connectivity index (χ1v) is 6.77. The number of rotatable bonds is 2. The summed E-state index contributed by atoms with van der Waals surface area (Å²) in [5, 5.41) is 0. The van der Waals surface area contributed by atoms with E-state index in [4.69, 9.17) is 0 Å². The zero-order valence-corrected chi connectivity index (χ0v) is 10.3. The van der Waals surface area contributed by atoms with Crippen molar-refractivity contribution >= 4 is 5.78 Å². The van der Waals surface area contributed by atoms with Crippen LogP contribution in [0.4, 0.5) is 0 Å². The van der Waals surface area contributed by atoms with Gasteiger partial charge in [-0.2, -0.15) is 0 Å². The number of allylic oxidation sites excluding steroid dienone is 4. The minimum absolute atomic E-state index is 0.380. The van der Waals surface area contributed by atoms with E-state index < -0.39 is 0 Å². The van der Waals surface area contributed by atoms with Gasteiger partial charge in [0.25, 0.3) is 0 Å². The molecule has 0 saturated heterocycles. The molecule has 0 amide bonds. The third kappa shape index (κ3) is 2.45. The predicted molar refractivity (Wildman–Crippen MR) is 67.3 cm³/mol. The van der Waals surface area contributed by atoms with Crippen LogP contribution < -0.4 is 0 Å². The van der Waals surface area contributed by atoms with Crippen molar-refractivity contribution in [2.75, 3.05) is 0 Å². The van der Waals surface area contributed by atoms with E-state index in [9.17, 15) is 4.79 Å². The lowest BCUT2D eigenvalue weighted by Gasteiger charge is -2.15. The van der Waals surface area contributed by atoms with E-state index in [1.807, 2.05) is 0 Å². The standard InChI is InChI=1S/C15H22O/c1-2-3-7-13-10-11-14(15(13)16)12-8-5-4-6-9-12/h7H,2-6,8-11H2,1H3/b13-7-. The molecule has 1 heteroatoms. The Morgan fingerprint density at radius 1 is 1.06 bits per heavy atom. The van der Waals surface area contributed by atoms with Crippen LogP contribution in [0.1, 0.15) is 64.7 Å². The summed E-state index contributed by atoms with van der Waals surface area (Å²) in [4.78, 5) is 12.2. The highest BCUT2D eigenvalue weighted by molar-refractivity contribution is 6.11. The molecular weight excluding hydrogens is 196 g/mol. The van der Waals surface area contributed by atoms with Crippen LogP contribution in [-0.2, 0) is 4.79 Å². The van der Waals surface area contributed by atoms with Crippen LogP contribution in [0.25, 0.3) is 0 Å². The largest absolute Gasteiger partial charge is 0.289 e. The Labute approximate surface area is 98.6 Å². The number of carbonyl (C=O) groups is 1. The number of unbranched alkanes of at least 4 members (excludes halogenated alkanes) is 1. The van der Waals surface area contributed by atoms with Gasteiger partial charge in [0.05, 0.1) is 0 Å². The van der Waals surface area contributed by atoms with Gasteiger partial charge in [0.1, 0.15) is 0 Å². The van der Waals surface area contributed by atoms with E-state index >= 15 is 0 Å². The highest BCUT2D eigenvalue weighted by Gasteiger charge is 2.26. The number of Topliss-reactive ketones (excluding diaryl/α,β-unsaturated/α-hetero) is 1. The molecule has 2 aliphatic carbocycles. The fraction of sp³-hybridized carbons (Fsp3) is 0.667. The minimum Gasteiger partial charge on any atom is -0.289 e. The van der Waals surface area contributed by atoms with Gasteiger partial charge in [-0.3, -0.25) is 4.79 Å². The fourth-order valence-electron chi connectivity index (χ4n) is 2.81. The molecule has 0 aromatic heterocycles. The predicted octanol–water partition coefficient (Wildman–Crippen LogP) is 4.34. The first kappa shape index (κ1) is 11.6. The van der Waals surface area contributed by atoms with Crippen molar-refractivity contribution in [3.63, 3.8) is 0 Å². The quantitative estimate of drug-likeness (QED) is 0.630. The summed E-state index contributed by atoms with van der Waals surface area (Å²) in [7, 11) is 0. The molecule has 0 aliphatic heterocycles. The molecule has 2 saturated carbocycles. The maximum absolute atomic E-state index is 12.2. The highest BCUT2D eigenvalue weighted by Crippen LogP contribution is 2.34. The van der Waals surface area contributed by atoms with Gasteiger partial charge >= 0.3 is 0 Å². The third-order valence-electron chi connectivity index (χ3n) is 3.77. The number of hydrogen-bond acceptors (Lipinski definition) is 1. The lowest BCUT2D eigenvalue weighted by Crippen LogP contribution is -2.03. The molecule has 2 fully saturated rings. The van der Waals surface area contributed by atoms with Gasteiger partial charge in [-0.25, -0.2) is 0 Å². The van der Waals surface area contributed by atoms with Crippen LogP contribution in [0, 0.1) is 0 Å². The second-order valence-electron chi connectivity index (χ2n) is 4.99. The molecule has 0 atom stereocenters. The van der Waals surface area contributed by atoms with Gasteiger partial charge in [0.2, 0.25) is 0 Å². The van der Waals surface area contributed by atoms with Crippen LogP contribution >= 0.6 is 0 Å². The fourth-order valence-corrected chi connectivity index (χ4v) is 2.81. The molecule has 16 heavy (non-hydrogen) atoms. The van der Waals surface area contributed by atoms with Crippen LogP contribution in [0.15, 0.2) is 22.8 Å². The van der Waals surface area contributed by atoms with Crippen molar-refractivity contribution in [3.8, 4) is 0 Å². The van der Waals surface area contributed by atoms with E-state index in [1.165, 1.54) is 43.3 Å². The van der Waals surface area contributed by atoms with Crippen LogP contribution in [0.5, 0.6) is 0 Å².